The molecule has 2 rings (SSSR count). The molecule has 1 aliphatic heterocycles. The van der Waals surface area contributed by atoms with Crippen molar-refractivity contribution in [2.24, 2.45) is 5.73 Å². The van der Waals surface area contributed by atoms with Crippen molar-refractivity contribution in [3.63, 3.8) is 0 Å². The number of hydrogen-bond donors (Lipinski definition) is 1. The zero-order valence-electron chi connectivity index (χ0n) is 10.0. The van der Waals surface area contributed by atoms with Gasteiger partial charge in [-0.3, -0.25) is 0 Å². The van der Waals surface area contributed by atoms with Gasteiger partial charge in [-0.2, -0.15) is 0 Å². The lowest BCUT2D eigenvalue weighted by Crippen LogP contribution is -2.37. The van der Waals surface area contributed by atoms with E-state index in [0.717, 1.165) is 13.0 Å². The lowest BCUT2D eigenvalue weighted by Gasteiger charge is -2.20. The van der Waals surface area contributed by atoms with Gasteiger partial charge < -0.3 is 10.6 Å². The number of nitrogens with two attached hydrogens (primary N) is 1. The summed E-state index contributed by atoms with van der Waals surface area (Å²) < 4.78 is 0. The van der Waals surface area contributed by atoms with Crippen molar-refractivity contribution in [2.45, 2.75) is 25.3 Å². The first-order valence-corrected chi connectivity index (χ1v) is 5.86. The molecule has 2 nitrogen and oxygen atoms in total. The quantitative estimate of drug-likeness (QED) is 0.916. The van der Waals surface area contributed by atoms with E-state index in [2.05, 4.69) is 35.2 Å². The molecule has 0 spiro atoms. The Labute approximate surface area is 116 Å². The van der Waals surface area contributed by atoms with Crippen LogP contribution in [0.15, 0.2) is 30.3 Å². The van der Waals surface area contributed by atoms with Gasteiger partial charge in [-0.15, -0.1) is 24.8 Å². The van der Waals surface area contributed by atoms with Gasteiger partial charge >= 0.3 is 0 Å². The zero-order chi connectivity index (χ0) is 10.5. The van der Waals surface area contributed by atoms with Crippen LogP contribution in [0.2, 0.25) is 0 Å². The molecule has 0 radical (unpaired) electrons. The Morgan fingerprint density at radius 2 is 1.65 bits per heavy atom. The van der Waals surface area contributed by atoms with Crippen LogP contribution in [0.4, 0.5) is 0 Å². The van der Waals surface area contributed by atoms with Crippen LogP contribution in [0.5, 0.6) is 0 Å². The van der Waals surface area contributed by atoms with Crippen LogP contribution in [0.3, 0.4) is 0 Å². The van der Waals surface area contributed by atoms with Gasteiger partial charge in [0.2, 0.25) is 0 Å². The normalized spacial score (nSPS) is 17.0. The Morgan fingerprint density at radius 1 is 1.06 bits per heavy atom. The van der Waals surface area contributed by atoms with E-state index < -0.39 is 0 Å². The number of hydrogen-bond acceptors (Lipinski definition) is 2. The molecule has 1 atom stereocenters. The molecular weight excluding hydrogens is 255 g/mol. The van der Waals surface area contributed by atoms with Gasteiger partial charge in [0.25, 0.3) is 0 Å². The lowest BCUT2D eigenvalue weighted by molar-refractivity contribution is 0.313. The van der Waals surface area contributed by atoms with Crippen molar-refractivity contribution in [3.8, 4) is 0 Å². The molecule has 17 heavy (non-hydrogen) atoms. The Kier molecular flexibility index (Phi) is 8.61. The molecule has 98 valence electrons. The number of nitrogens with zero attached hydrogens (tertiary/aromatic N) is 1. The van der Waals surface area contributed by atoms with Crippen molar-refractivity contribution >= 4 is 24.8 Å². The first-order valence-electron chi connectivity index (χ1n) is 5.86. The standard InChI is InChI=1S/C13H20N2.2ClH/c14-13(11-15-8-4-5-9-15)10-12-6-2-1-3-7-12;;/h1-3,6-7,13H,4-5,8-11,14H2;2*1H/t13-;;/m1../s1. The molecule has 1 aliphatic rings. The summed E-state index contributed by atoms with van der Waals surface area (Å²) in [5, 5.41) is 0. The number of likely N-dealkylation sites (tertiary alicyclic amines) is 1. The topological polar surface area (TPSA) is 29.3 Å². The molecule has 0 unspecified atom stereocenters. The highest BCUT2D eigenvalue weighted by molar-refractivity contribution is 5.85. The number of benzene rings is 1. The van der Waals surface area contributed by atoms with Gasteiger partial charge in [-0.1, -0.05) is 30.3 Å². The summed E-state index contributed by atoms with van der Waals surface area (Å²) in [4.78, 5) is 2.48. The highest BCUT2D eigenvalue weighted by atomic mass is 35.5. The van der Waals surface area contributed by atoms with E-state index in [1.165, 1.54) is 31.5 Å². The van der Waals surface area contributed by atoms with Crippen LogP contribution in [0.1, 0.15) is 18.4 Å². The van der Waals surface area contributed by atoms with Gasteiger partial charge in [0.05, 0.1) is 0 Å². The molecule has 1 saturated heterocycles. The van der Waals surface area contributed by atoms with Crippen molar-refractivity contribution in [3.05, 3.63) is 35.9 Å². The third-order valence-electron chi connectivity index (χ3n) is 3.03. The number of rotatable bonds is 4. The van der Waals surface area contributed by atoms with E-state index >= 15 is 0 Å². The molecule has 0 amide bonds. The van der Waals surface area contributed by atoms with E-state index in [0.29, 0.717) is 0 Å². The van der Waals surface area contributed by atoms with E-state index in [9.17, 15) is 0 Å². The largest absolute Gasteiger partial charge is 0.326 e. The minimum absolute atomic E-state index is 0. The van der Waals surface area contributed by atoms with Crippen LogP contribution in [0, 0.1) is 0 Å². The van der Waals surface area contributed by atoms with E-state index in [-0.39, 0.29) is 30.9 Å². The fourth-order valence-electron chi connectivity index (χ4n) is 2.28. The Hall–Kier alpha value is -0.280. The molecular formula is C13H22Cl2N2. The fourth-order valence-corrected chi connectivity index (χ4v) is 2.28. The molecule has 1 aromatic carbocycles. The van der Waals surface area contributed by atoms with Crippen molar-refractivity contribution in [1.29, 1.82) is 0 Å². The summed E-state index contributed by atoms with van der Waals surface area (Å²) in [7, 11) is 0. The summed E-state index contributed by atoms with van der Waals surface area (Å²) in [6, 6.07) is 10.8. The Bertz CT molecular complexity index is 287. The average Bonchev–Trinajstić information content (AvgIpc) is 2.71. The van der Waals surface area contributed by atoms with Gasteiger partial charge in [-0.25, -0.2) is 0 Å². The van der Waals surface area contributed by atoms with Crippen LogP contribution in [-0.4, -0.2) is 30.6 Å². The predicted molar refractivity (Wildman–Crippen MR) is 78.3 cm³/mol. The molecule has 2 N–H and O–H groups in total. The molecule has 0 aliphatic carbocycles. The molecule has 0 aromatic heterocycles. The maximum absolute atomic E-state index is 6.14. The second kappa shape index (κ2) is 8.76. The Morgan fingerprint density at radius 3 is 2.24 bits per heavy atom. The number of halogens is 2. The molecule has 0 bridgehead atoms. The molecule has 4 heteroatoms. The summed E-state index contributed by atoms with van der Waals surface area (Å²) in [6.07, 6.45) is 3.69. The highest BCUT2D eigenvalue weighted by Crippen LogP contribution is 2.09. The minimum Gasteiger partial charge on any atom is -0.326 e. The smallest absolute Gasteiger partial charge is 0.0208 e. The van der Waals surface area contributed by atoms with Crippen molar-refractivity contribution in [1.82, 2.24) is 4.90 Å². The van der Waals surface area contributed by atoms with E-state index in [1.807, 2.05) is 0 Å². The average molecular weight is 277 g/mol. The van der Waals surface area contributed by atoms with Crippen molar-refractivity contribution in [2.75, 3.05) is 19.6 Å². The predicted octanol–water partition coefficient (Wildman–Crippen LogP) is 2.50. The lowest BCUT2D eigenvalue weighted by atomic mass is 10.1. The maximum atomic E-state index is 6.14. The van der Waals surface area contributed by atoms with Crippen LogP contribution in [-0.2, 0) is 6.42 Å². The van der Waals surface area contributed by atoms with Gasteiger partial charge in [0.1, 0.15) is 0 Å². The molecule has 0 saturated carbocycles. The Balaban J connectivity index is 0.00000128. The first kappa shape index (κ1) is 16.7. The van der Waals surface area contributed by atoms with Gasteiger partial charge in [0.15, 0.2) is 0 Å². The SMILES string of the molecule is Cl.Cl.N[C@H](Cc1ccccc1)CN1CCCC1. The second-order valence-corrected chi connectivity index (χ2v) is 4.46. The molecule has 1 fully saturated rings. The maximum Gasteiger partial charge on any atom is 0.0208 e. The van der Waals surface area contributed by atoms with Crippen LogP contribution in [0.25, 0.3) is 0 Å². The monoisotopic (exact) mass is 276 g/mol. The third-order valence-corrected chi connectivity index (χ3v) is 3.03. The van der Waals surface area contributed by atoms with Crippen LogP contribution >= 0.6 is 24.8 Å². The van der Waals surface area contributed by atoms with E-state index in [1.54, 1.807) is 0 Å². The summed E-state index contributed by atoms with van der Waals surface area (Å²) in [5.41, 5.74) is 7.49. The molecule has 1 aromatic rings. The highest BCUT2D eigenvalue weighted by Gasteiger charge is 2.14. The van der Waals surface area contributed by atoms with E-state index in [4.69, 9.17) is 5.73 Å². The third kappa shape index (κ3) is 5.73. The van der Waals surface area contributed by atoms with Crippen molar-refractivity contribution < 1.29 is 0 Å². The summed E-state index contributed by atoms with van der Waals surface area (Å²) in [6.45, 7) is 3.53. The summed E-state index contributed by atoms with van der Waals surface area (Å²) in [5.74, 6) is 0. The molecule has 1 heterocycles. The van der Waals surface area contributed by atoms with Gasteiger partial charge in [-0.05, 0) is 37.9 Å². The summed E-state index contributed by atoms with van der Waals surface area (Å²) >= 11 is 0. The fraction of sp³-hybridized carbons (Fsp3) is 0.538. The second-order valence-electron chi connectivity index (χ2n) is 4.46. The minimum atomic E-state index is 0. The zero-order valence-corrected chi connectivity index (χ0v) is 11.7. The van der Waals surface area contributed by atoms with Gasteiger partial charge in [0, 0.05) is 12.6 Å². The first-order chi connectivity index (χ1) is 7.34. The van der Waals surface area contributed by atoms with Crippen LogP contribution < -0.4 is 5.73 Å².